The van der Waals surface area contributed by atoms with Gasteiger partial charge in [-0.3, -0.25) is 9.80 Å². The largest absolute Gasteiger partial charge is 0.353 e. The fraction of sp³-hybridized carbons (Fsp3) is 1.00. The molecule has 0 aromatic heterocycles. The second-order valence-electron chi connectivity index (χ2n) is 5.46. The molecule has 17 heavy (non-hydrogen) atoms. The predicted octanol–water partition coefficient (Wildman–Crippen LogP) is 2.67. The van der Waals surface area contributed by atoms with Crippen LogP contribution in [0.15, 0.2) is 0 Å². The fourth-order valence-electron chi connectivity index (χ4n) is 3.16. The molecule has 0 spiro atoms. The highest BCUT2D eigenvalue weighted by molar-refractivity contribution is 4.71. The summed E-state index contributed by atoms with van der Waals surface area (Å²) in [7, 11) is 1.88. The average Bonchev–Trinajstić information content (AvgIpc) is 2.75. The van der Waals surface area contributed by atoms with E-state index in [1.165, 1.54) is 77.5 Å². The third-order valence-electron chi connectivity index (χ3n) is 4.12. The van der Waals surface area contributed by atoms with Crippen LogP contribution in [0.1, 0.15) is 51.4 Å². The van der Waals surface area contributed by atoms with Crippen LogP contribution in [0.25, 0.3) is 0 Å². The number of methoxy groups -OCH3 is 1. The summed E-state index contributed by atoms with van der Waals surface area (Å²) in [4.78, 5) is 5.11. The van der Waals surface area contributed by atoms with E-state index in [0.29, 0.717) is 0 Å². The summed E-state index contributed by atoms with van der Waals surface area (Å²) in [6.45, 7) is 4.87. The molecule has 0 unspecified atom stereocenters. The van der Waals surface area contributed by atoms with E-state index < -0.39 is 0 Å². The van der Waals surface area contributed by atoms with Gasteiger partial charge in [-0.15, -0.1) is 0 Å². The number of ether oxygens (including phenoxy) is 1. The van der Waals surface area contributed by atoms with Gasteiger partial charge in [-0.1, -0.05) is 25.7 Å². The zero-order chi connectivity index (χ0) is 11.9. The monoisotopic (exact) mass is 240 g/mol. The maximum atomic E-state index is 5.79. The molecule has 3 nitrogen and oxygen atoms in total. The standard InChI is InChI=1S/C14H28N2O/c1-17-14(15-10-6-2-3-7-11-15)16-12-8-4-5-9-13-16/h14H,2-13H2,1H3. The summed E-state index contributed by atoms with van der Waals surface area (Å²) in [6, 6.07) is 0. The van der Waals surface area contributed by atoms with Crippen molar-refractivity contribution in [3.05, 3.63) is 0 Å². The van der Waals surface area contributed by atoms with Gasteiger partial charge in [0.2, 0.25) is 0 Å². The van der Waals surface area contributed by atoms with Crippen molar-refractivity contribution in [3.8, 4) is 0 Å². The lowest BCUT2D eigenvalue weighted by Crippen LogP contribution is -2.50. The Morgan fingerprint density at radius 1 is 0.647 bits per heavy atom. The van der Waals surface area contributed by atoms with Gasteiger partial charge in [0.25, 0.3) is 0 Å². The number of likely N-dealkylation sites (tertiary alicyclic amines) is 2. The minimum Gasteiger partial charge on any atom is -0.353 e. The molecule has 2 saturated heterocycles. The molecule has 0 aromatic carbocycles. The Morgan fingerprint density at radius 3 is 1.29 bits per heavy atom. The lowest BCUT2D eigenvalue weighted by atomic mass is 10.2. The van der Waals surface area contributed by atoms with Crippen molar-refractivity contribution in [1.29, 1.82) is 0 Å². The Kier molecular flexibility index (Phi) is 5.75. The van der Waals surface area contributed by atoms with Gasteiger partial charge in [-0.2, -0.15) is 0 Å². The van der Waals surface area contributed by atoms with Gasteiger partial charge in [0.05, 0.1) is 0 Å². The van der Waals surface area contributed by atoms with Crippen LogP contribution in [0.5, 0.6) is 0 Å². The van der Waals surface area contributed by atoms with Crippen LogP contribution in [0, 0.1) is 0 Å². The van der Waals surface area contributed by atoms with Gasteiger partial charge in [0, 0.05) is 33.3 Å². The highest BCUT2D eigenvalue weighted by atomic mass is 16.5. The molecule has 0 aliphatic carbocycles. The van der Waals surface area contributed by atoms with Crippen molar-refractivity contribution < 1.29 is 4.74 Å². The van der Waals surface area contributed by atoms with Crippen molar-refractivity contribution in [2.45, 2.75) is 57.7 Å². The second kappa shape index (κ2) is 7.34. The van der Waals surface area contributed by atoms with E-state index in [9.17, 15) is 0 Å². The summed E-state index contributed by atoms with van der Waals surface area (Å²) < 4.78 is 5.79. The first-order valence-electron chi connectivity index (χ1n) is 7.43. The molecule has 0 atom stereocenters. The number of hydrogen-bond acceptors (Lipinski definition) is 3. The molecule has 2 fully saturated rings. The van der Waals surface area contributed by atoms with Gasteiger partial charge >= 0.3 is 0 Å². The Morgan fingerprint density at radius 2 is 1.00 bits per heavy atom. The highest BCUT2D eigenvalue weighted by Crippen LogP contribution is 2.19. The minimum absolute atomic E-state index is 0.242. The van der Waals surface area contributed by atoms with Crippen LogP contribution in [0.2, 0.25) is 0 Å². The molecule has 0 N–H and O–H groups in total. The fourth-order valence-corrected chi connectivity index (χ4v) is 3.16. The van der Waals surface area contributed by atoms with Gasteiger partial charge < -0.3 is 4.74 Å². The third kappa shape index (κ3) is 3.94. The first kappa shape index (κ1) is 13.3. The van der Waals surface area contributed by atoms with E-state index >= 15 is 0 Å². The third-order valence-corrected chi connectivity index (χ3v) is 4.12. The van der Waals surface area contributed by atoms with Crippen LogP contribution < -0.4 is 0 Å². The summed E-state index contributed by atoms with van der Waals surface area (Å²) >= 11 is 0. The van der Waals surface area contributed by atoms with Crippen molar-refractivity contribution in [2.75, 3.05) is 33.3 Å². The van der Waals surface area contributed by atoms with Crippen LogP contribution >= 0.6 is 0 Å². The smallest absolute Gasteiger partial charge is 0.168 e. The molecular formula is C14H28N2O. The predicted molar refractivity (Wildman–Crippen MR) is 70.9 cm³/mol. The van der Waals surface area contributed by atoms with Crippen LogP contribution in [-0.4, -0.2) is 49.4 Å². The minimum atomic E-state index is 0.242. The van der Waals surface area contributed by atoms with E-state index in [0.717, 1.165) is 0 Å². The van der Waals surface area contributed by atoms with E-state index in [4.69, 9.17) is 4.74 Å². The molecule has 0 saturated carbocycles. The van der Waals surface area contributed by atoms with Gasteiger partial charge in [0.1, 0.15) is 0 Å². The van der Waals surface area contributed by atoms with E-state index in [1.54, 1.807) is 0 Å². The lowest BCUT2D eigenvalue weighted by molar-refractivity contribution is -0.134. The maximum Gasteiger partial charge on any atom is 0.168 e. The molecule has 2 rings (SSSR count). The van der Waals surface area contributed by atoms with Crippen molar-refractivity contribution >= 4 is 0 Å². The van der Waals surface area contributed by atoms with E-state index in [2.05, 4.69) is 9.80 Å². The normalized spacial score (nSPS) is 25.8. The zero-order valence-electron chi connectivity index (χ0n) is 11.4. The van der Waals surface area contributed by atoms with Gasteiger partial charge in [-0.05, 0) is 25.7 Å². The Labute approximate surface area is 106 Å². The zero-order valence-corrected chi connectivity index (χ0v) is 11.4. The molecule has 0 bridgehead atoms. The first-order chi connectivity index (χ1) is 8.42. The molecule has 0 radical (unpaired) electrons. The maximum absolute atomic E-state index is 5.79. The Hall–Kier alpha value is -0.120. The molecule has 2 aliphatic heterocycles. The highest BCUT2D eigenvalue weighted by Gasteiger charge is 2.25. The molecule has 0 amide bonds. The Balaban J connectivity index is 1.92. The van der Waals surface area contributed by atoms with Crippen molar-refractivity contribution in [3.63, 3.8) is 0 Å². The quantitative estimate of drug-likeness (QED) is 0.754. The number of nitrogens with zero attached hydrogens (tertiary/aromatic N) is 2. The molecule has 0 aromatic rings. The summed E-state index contributed by atoms with van der Waals surface area (Å²) in [5.74, 6) is 0. The summed E-state index contributed by atoms with van der Waals surface area (Å²) in [5.41, 5.74) is 0. The first-order valence-corrected chi connectivity index (χ1v) is 7.43. The van der Waals surface area contributed by atoms with Crippen LogP contribution in [0.3, 0.4) is 0 Å². The van der Waals surface area contributed by atoms with Crippen LogP contribution in [0.4, 0.5) is 0 Å². The summed E-state index contributed by atoms with van der Waals surface area (Å²) in [6.07, 6.45) is 11.2. The average molecular weight is 240 g/mol. The van der Waals surface area contributed by atoms with Crippen molar-refractivity contribution in [2.24, 2.45) is 0 Å². The number of rotatable bonds is 3. The molecule has 2 aliphatic rings. The summed E-state index contributed by atoms with van der Waals surface area (Å²) in [5, 5.41) is 0. The van der Waals surface area contributed by atoms with Gasteiger partial charge in [-0.25, -0.2) is 0 Å². The van der Waals surface area contributed by atoms with Crippen molar-refractivity contribution in [1.82, 2.24) is 9.80 Å². The second-order valence-corrected chi connectivity index (χ2v) is 5.46. The lowest BCUT2D eigenvalue weighted by Gasteiger charge is -2.37. The molecule has 2 heterocycles. The van der Waals surface area contributed by atoms with Crippen LogP contribution in [-0.2, 0) is 4.74 Å². The number of hydrogen-bond donors (Lipinski definition) is 0. The Bertz CT molecular complexity index is 174. The van der Waals surface area contributed by atoms with Gasteiger partial charge in [0.15, 0.2) is 6.35 Å². The SMILES string of the molecule is COC(N1CCCCCC1)N1CCCCCC1. The molecule has 100 valence electrons. The topological polar surface area (TPSA) is 15.7 Å². The molecular weight excluding hydrogens is 212 g/mol. The van der Waals surface area contributed by atoms with E-state index in [-0.39, 0.29) is 6.35 Å². The van der Waals surface area contributed by atoms with E-state index in [1.807, 2.05) is 7.11 Å². The molecule has 3 heteroatoms.